The Morgan fingerprint density at radius 3 is 1.78 bits per heavy atom. The molecule has 46 heavy (non-hydrogen) atoms. The third-order valence-electron chi connectivity index (χ3n) is 6.99. The minimum Gasteiger partial charge on any atom is -0.466 e. The molecule has 2 aromatic carbocycles. The zero-order valence-corrected chi connectivity index (χ0v) is 28.0. The summed E-state index contributed by atoms with van der Waals surface area (Å²) in [5, 5.41) is 3.42. The highest BCUT2D eigenvalue weighted by molar-refractivity contribution is 9.09. The number of hydrogen-bond acceptors (Lipinski definition) is 10. The van der Waals surface area contributed by atoms with Gasteiger partial charge in [-0.05, 0) is 63.7 Å². The van der Waals surface area contributed by atoms with E-state index in [9.17, 15) is 19.2 Å². The molecule has 2 aliphatic rings. The number of halogens is 1. The average Bonchev–Trinajstić information content (AvgIpc) is 3.08. The van der Waals surface area contributed by atoms with Gasteiger partial charge in [-0.3, -0.25) is 24.1 Å². The highest BCUT2D eigenvalue weighted by Crippen LogP contribution is 2.18. The van der Waals surface area contributed by atoms with Crippen LogP contribution in [0.1, 0.15) is 58.1 Å². The molecule has 1 N–H and O–H groups in total. The Hall–Kier alpha value is -3.28. The van der Waals surface area contributed by atoms with Crippen LogP contribution in [0.25, 0.3) is 0 Å². The summed E-state index contributed by atoms with van der Waals surface area (Å²) < 4.78 is 20.1. The van der Waals surface area contributed by atoms with E-state index in [0.717, 1.165) is 56.4 Å². The molecule has 2 heterocycles. The van der Waals surface area contributed by atoms with Crippen molar-refractivity contribution in [3.8, 4) is 0 Å². The summed E-state index contributed by atoms with van der Waals surface area (Å²) >= 11 is 3.01. The molecule has 0 unspecified atom stereocenters. The number of likely N-dealkylation sites (tertiary alicyclic amines) is 1. The number of ether oxygens (including phenoxy) is 4. The van der Waals surface area contributed by atoms with Crippen molar-refractivity contribution >= 4 is 39.8 Å². The summed E-state index contributed by atoms with van der Waals surface area (Å²) in [4.78, 5) is 47.5. The van der Waals surface area contributed by atoms with Crippen LogP contribution in [0.15, 0.2) is 60.7 Å². The zero-order chi connectivity index (χ0) is 32.7. The second-order valence-corrected chi connectivity index (χ2v) is 11.1. The highest BCUT2D eigenvalue weighted by atomic mass is 79.9. The lowest BCUT2D eigenvalue weighted by Crippen LogP contribution is -2.42. The van der Waals surface area contributed by atoms with Gasteiger partial charge in [0.05, 0.1) is 31.6 Å². The van der Waals surface area contributed by atoms with Crippen LogP contribution in [0.3, 0.4) is 0 Å². The molecule has 0 aliphatic carbocycles. The van der Waals surface area contributed by atoms with E-state index in [4.69, 9.17) is 18.9 Å². The van der Waals surface area contributed by atoms with Crippen molar-refractivity contribution in [3.63, 3.8) is 0 Å². The summed E-state index contributed by atoms with van der Waals surface area (Å²) in [6.07, 6.45) is 3.79. The van der Waals surface area contributed by atoms with Crippen molar-refractivity contribution in [2.75, 3.05) is 51.3 Å². The predicted octanol–water partition coefficient (Wildman–Crippen LogP) is 5.31. The Morgan fingerprint density at radius 2 is 1.28 bits per heavy atom. The maximum Gasteiger partial charge on any atom is 0.320 e. The number of alkyl halides is 1. The number of nitrogens with zero attached hydrogens (tertiary/aromatic N) is 1. The molecule has 0 amide bonds. The van der Waals surface area contributed by atoms with Crippen LogP contribution in [0.5, 0.6) is 0 Å². The Labute approximate surface area is 282 Å². The molecule has 2 aliphatic heterocycles. The lowest BCUT2D eigenvalue weighted by atomic mass is 9.98. The topological polar surface area (TPSA) is 120 Å². The molecular formula is C35H51BrN2O8. The number of esters is 4. The van der Waals surface area contributed by atoms with Gasteiger partial charge in [-0.1, -0.05) is 84.0 Å². The summed E-state index contributed by atoms with van der Waals surface area (Å²) in [7, 11) is 0. The van der Waals surface area contributed by atoms with Crippen LogP contribution >= 0.6 is 15.9 Å². The second kappa shape index (κ2) is 24.9. The molecule has 4 rings (SSSR count). The van der Waals surface area contributed by atoms with Crippen LogP contribution in [0.2, 0.25) is 0 Å². The number of rotatable bonds is 11. The predicted molar refractivity (Wildman–Crippen MR) is 181 cm³/mol. The molecular weight excluding hydrogens is 656 g/mol. The fourth-order valence-electron chi connectivity index (χ4n) is 4.71. The van der Waals surface area contributed by atoms with Gasteiger partial charge in [-0.2, -0.15) is 0 Å². The minimum atomic E-state index is -0.256. The molecule has 2 saturated heterocycles. The number of piperidine rings is 2. The van der Waals surface area contributed by atoms with Crippen LogP contribution in [0, 0.1) is 11.8 Å². The highest BCUT2D eigenvalue weighted by Gasteiger charge is 2.28. The van der Waals surface area contributed by atoms with E-state index in [1.807, 2.05) is 72.5 Å². The van der Waals surface area contributed by atoms with Gasteiger partial charge in [0.15, 0.2) is 0 Å². The SMILES string of the molecule is C.CCOC(=O)[C@@H]1CCCN(CC(=O)OCc2ccccc2)C1.CCOC(=O)[C@@H]1CCCNC1.O=C(CBr)OCc1ccccc1. The van der Waals surface area contributed by atoms with Crippen molar-refractivity contribution in [2.45, 2.75) is 60.2 Å². The molecule has 0 bridgehead atoms. The molecule has 0 spiro atoms. The van der Waals surface area contributed by atoms with Crippen LogP contribution in [-0.2, 0) is 51.3 Å². The number of carbonyl (C=O) groups excluding carboxylic acids is 4. The van der Waals surface area contributed by atoms with E-state index in [2.05, 4.69) is 21.2 Å². The first-order valence-corrected chi connectivity index (χ1v) is 16.7. The van der Waals surface area contributed by atoms with Crippen LogP contribution < -0.4 is 5.32 Å². The fraction of sp³-hybridized carbons (Fsp3) is 0.543. The first kappa shape index (κ1) is 40.7. The molecule has 2 aromatic rings. The van der Waals surface area contributed by atoms with Gasteiger partial charge in [0.25, 0.3) is 0 Å². The quantitative estimate of drug-likeness (QED) is 0.187. The number of hydrogen-bond donors (Lipinski definition) is 1. The standard InChI is InChI=1S/C17H23NO4.C9H9BrO2.C8H15NO2.CH4/c1-2-21-17(20)15-9-6-10-18(11-15)12-16(19)22-13-14-7-4-3-5-8-14;10-6-9(11)12-7-8-4-2-1-3-5-8;1-2-11-8(10)7-4-3-5-9-6-7;/h3-5,7-8,15H,2,6,9-13H2,1H3;1-5H,6-7H2;7,9H,2-6H2,1H3;1H4/t15-;;7-;/m1.1./s1. The molecule has 2 fully saturated rings. The van der Waals surface area contributed by atoms with Gasteiger partial charge in [0.1, 0.15) is 18.5 Å². The Morgan fingerprint density at radius 1 is 0.761 bits per heavy atom. The summed E-state index contributed by atoms with van der Waals surface area (Å²) in [5.41, 5.74) is 1.98. The van der Waals surface area contributed by atoms with Crippen molar-refractivity contribution in [2.24, 2.45) is 11.8 Å². The molecule has 10 nitrogen and oxygen atoms in total. The first-order valence-electron chi connectivity index (χ1n) is 15.6. The monoisotopic (exact) mass is 706 g/mol. The lowest BCUT2D eigenvalue weighted by molar-refractivity contribution is -0.153. The van der Waals surface area contributed by atoms with Crippen LogP contribution in [-0.4, -0.2) is 80.0 Å². The maximum atomic E-state index is 11.9. The molecule has 0 saturated carbocycles. The zero-order valence-electron chi connectivity index (χ0n) is 26.4. The van der Waals surface area contributed by atoms with Crippen molar-refractivity contribution in [1.82, 2.24) is 10.2 Å². The maximum absolute atomic E-state index is 11.9. The summed E-state index contributed by atoms with van der Waals surface area (Å²) in [6.45, 7) is 8.62. The van der Waals surface area contributed by atoms with E-state index in [0.29, 0.717) is 26.4 Å². The van der Waals surface area contributed by atoms with Gasteiger partial charge in [-0.25, -0.2) is 0 Å². The van der Waals surface area contributed by atoms with Crippen molar-refractivity contribution in [3.05, 3.63) is 71.8 Å². The molecule has 256 valence electrons. The fourth-order valence-corrected chi connectivity index (χ4v) is 4.87. The van der Waals surface area contributed by atoms with Gasteiger partial charge >= 0.3 is 23.9 Å². The number of nitrogens with one attached hydrogen (secondary N) is 1. The second-order valence-electron chi connectivity index (χ2n) is 10.5. The Bertz CT molecular complexity index is 1130. The first-order chi connectivity index (χ1) is 21.9. The van der Waals surface area contributed by atoms with E-state index in [1.54, 1.807) is 6.92 Å². The third-order valence-corrected chi connectivity index (χ3v) is 7.45. The molecule has 11 heteroatoms. The minimum absolute atomic E-state index is 0. The van der Waals surface area contributed by atoms with E-state index in [-0.39, 0.29) is 61.6 Å². The summed E-state index contributed by atoms with van der Waals surface area (Å²) in [5.74, 6) is -0.726. The Kier molecular flexibility index (Phi) is 22.0. The summed E-state index contributed by atoms with van der Waals surface area (Å²) in [6, 6.07) is 19.2. The van der Waals surface area contributed by atoms with Crippen molar-refractivity contribution < 1.29 is 38.1 Å². The molecule has 0 radical (unpaired) electrons. The van der Waals surface area contributed by atoms with Crippen LogP contribution in [0.4, 0.5) is 0 Å². The molecule has 0 aromatic heterocycles. The van der Waals surface area contributed by atoms with E-state index in [1.165, 1.54) is 0 Å². The Balaban J connectivity index is 0.000000374. The van der Waals surface area contributed by atoms with Gasteiger partial charge in [-0.15, -0.1) is 0 Å². The van der Waals surface area contributed by atoms with E-state index < -0.39 is 0 Å². The van der Waals surface area contributed by atoms with E-state index >= 15 is 0 Å². The normalized spacial score (nSPS) is 17.3. The molecule has 2 atom stereocenters. The van der Waals surface area contributed by atoms with Gasteiger partial charge in [0.2, 0.25) is 0 Å². The average molecular weight is 708 g/mol. The lowest BCUT2D eigenvalue weighted by Gasteiger charge is -2.30. The smallest absolute Gasteiger partial charge is 0.320 e. The van der Waals surface area contributed by atoms with Gasteiger partial charge in [0, 0.05) is 13.1 Å². The number of benzene rings is 2. The number of carbonyl (C=O) groups is 4. The largest absolute Gasteiger partial charge is 0.466 e. The van der Waals surface area contributed by atoms with Gasteiger partial charge < -0.3 is 24.3 Å². The van der Waals surface area contributed by atoms with Crippen molar-refractivity contribution in [1.29, 1.82) is 0 Å². The third kappa shape index (κ3) is 17.4.